The van der Waals surface area contributed by atoms with E-state index in [1.165, 1.54) is 11.1 Å². The molecule has 0 N–H and O–H groups in total. The van der Waals surface area contributed by atoms with Crippen molar-refractivity contribution < 1.29 is 0 Å². The summed E-state index contributed by atoms with van der Waals surface area (Å²) in [4.78, 5) is 8.97. The first kappa shape index (κ1) is 13.8. The third kappa shape index (κ3) is 3.11. The maximum atomic E-state index is 6.21. The Bertz CT molecular complexity index is 754. The lowest BCUT2D eigenvalue weighted by atomic mass is 10.0. The van der Waals surface area contributed by atoms with Gasteiger partial charge in [0.1, 0.15) is 0 Å². The molecular weight excluding hydrogens is 280 g/mol. The zero-order valence-electron chi connectivity index (χ0n) is 11.8. The fraction of sp³-hybridized carbons (Fsp3) is 0.111. The first-order valence-corrected chi connectivity index (χ1v) is 7.23. The topological polar surface area (TPSA) is 25.8 Å². The van der Waals surface area contributed by atoms with Crippen LogP contribution in [0.5, 0.6) is 0 Å². The summed E-state index contributed by atoms with van der Waals surface area (Å²) in [5, 5.41) is 0.470. The van der Waals surface area contributed by atoms with E-state index >= 15 is 0 Å². The standard InChI is InChI=1S/C18H15ClN2/c1-13-7-5-6-10-15(13)11-16-18(19)20-12-17(21-16)14-8-3-2-4-9-14/h2-10,12H,11H2,1H3. The summed E-state index contributed by atoms with van der Waals surface area (Å²) in [5.74, 6) is 0. The molecule has 104 valence electrons. The van der Waals surface area contributed by atoms with Crippen molar-refractivity contribution in [1.82, 2.24) is 9.97 Å². The van der Waals surface area contributed by atoms with Gasteiger partial charge >= 0.3 is 0 Å². The summed E-state index contributed by atoms with van der Waals surface area (Å²) >= 11 is 6.21. The second-order valence-corrected chi connectivity index (χ2v) is 5.32. The Balaban J connectivity index is 1.98. The first-order valence-electron chi connectivity index (χ1n) is 6.85. The molecular formula is C18H15ClN2. The maximum Gasteiger partial charge on any atom is 0.150 e. The predicted molar refractivity (Wildman–Crippen MR) is 86.5 cm³/mol. The van der Waals surface area contributed by atoms with E-state index in [4.69, 9.17) is 11.6 Å². The molecule has 0 unspecified atom stereocenters. The van der Waals surface area contributed by atoms with E-state index in [-0.39, 0.29) is 0 Å². The molecule has 0 saturated heterocycles. The zero-order chi connectivity index (χ0) is 14.7. The van der Waals surface area contributed by atoms with Crippen LogP contribution in [-0.4, -0.2) is 9.97 Å². The lowest BCUT2D eigenvalue weighted by molar-refractivity contribution is 1.03. The Morgan fingerprint density at radius 1 is 0.952 bits per heavy atom. The van der Waals surface area contributed by atoms with Crippen LogP contribution in [-0.2, 0) is 6.42 Å². The van der Waals surface area contributed by atoms with Crippen molar-refractivity contribution in [2.24, 2.45) is 0 Å². The van der Waals surface area contributed by atoms with Crippen LogP contribution in [0.25, 0.3) is 11.3 Å². The van der Waals surface area contributed by atoms with E-state index in [1.807, 2.05) is 42.5 Å². The van der Waals surface area contributed by atoms with Crippen molar-refractivity contribution in [2.45, 2.75) is 13.3 Å². The fourth-order valence-electron chi connectivity index (χ4n) is 2.26. The average molecular weight is 295 g/mol. The molecule has 2 aromatic carbocycles. The Hall–Kier alpha value is -2.19. The third-order valence-electron chi connectivity index (χ3n) is 3.48. The van der Waals surface area contributed by atoms with Crippen molar-refractivity contribution in [2.75, 3.05) is 0 Å². The molecule has 21 heavy (non-hydrogen) atoms. The number of rotatable bonds is 3. The molecule has 0 saturated carbocycles. The lowest BCUT2D eigenvalue weighted by Gasteiger charge is -2.08. The van der Waals surface area contributed by atoms with Gasteiger partial charge in [0.05, 0.1) is 17.6 Å². The van der Waals surface area contributed by atoms with Crippen LogP contribution in [0.3, 0.4) is 0 Å². The summed E-state index contributed by atoms with van der Waals surface area (Å²) in [5.41, 5.74) is 5.17. The number of aromatic nitrogens is 2. The number of benzene rings is 2. The molecule has 0 aliphatic heterocycles. The van der Waals surface area contributed by atoms with Gasteiger partial charge in [0.15, 0.2) is 5.15 Å². The Morgan fingerprint density at radius 2 is 1.67 bits per heavy atom. The van der Waals surface area contributed by atoms with Crippen LogP contribution in [0.15, 0.2) is 60.8 Å². The molecule has 0 amide bonds. The van der Waals surface area contributed by atoms with E-state index in [0.29, 0.717) is 11.6 Å². The number of halogens is 1. The summed E-state index contributed by atoms with van der Waals surface area (Å²) in [7, 11) is 0. The molecule has 0 aliphatic carbocycles. The number of hydrogen-bond acceptors (Lipinski definition) is 2. The lowest BCUT2D eigenvalue weighted by Crippen LogP contribution is -1.99. The monoisotopic (exact) mass is 294 g/mol. The maximum absolute atomic E-state index is 6.21. The van der Waals surface area contributed by atoms with Crippen LogP contribution >= 0.6 is 11.6 Å². The van der Waals surface area contributed by atoms with Gasteiger partial charge in [-0.3, -0.25) is 0 Å². The minimum absolute atomic E-state index is 0.470. The molecule has 0 atom stereocenters. The van der Waals surface area contributed by atoms with Gasteiger partial charge in [0, 0.05) is 12.0 Å². The number of hydrogen-bond donors (Lipinski definition) is 0. The van der Waals surface area contributed by atoms with Crippen molar-refractivity contribution in [3.8, 4) is 11.3 Å². The SMILES string of the molecule is Cc1ccccc1Cc1nc(-c2ccccc2)cnc1Cl. The van der Waals surface area contributed by atoms with Crippen LogP contribution in [0.2, 0.25) is 5.15 Å². The van der Waals surface area contributed by atoms with Crippen molar-refractivity contribution in [3.63, 3.8) is 0 Å². The minimum atomic E-state index is 0.470. The smallest absolute Gasteiger partial charge is 0.150 e. The van der Waals surface area contributed by atoms with Crippen LogP contribution in [0.4, 0.5) is 0 Å². The largest absolute Gasteiger partial charge is 0.248 e. The van der Waals surface area contributed by atoms with Gasteiger partial charge in [-0.2, -0.15) is 0 Å². The van der Waals surface area contributed by atoms with Crippen molar-refractivity contribution in [3.05, 3.63) is 82.8 Å². The van der Waals surface area contributed by atoms with Gasteiger partial charge in [-0.25, -0.2) is 9.97 Å². The summed E-state index contributed by atoms with van der Waals surface area (Å²) in [6.45, 7) is 2.09. The first-order chi connectivity index (χ1) is 10.2. The van der Waals surface area contributed by atoms with Crippen LogP contribution in [0.1, 0.15) is 16.8 Å². The molecule has 3 rings (SSSR count). The van der Waals surface area contributed by atoms with Gasteiger partial charge in [-0.05, 0) is 18.1 Å². The highest BCUT2D eigenvalue weighted by Crippen LogP contribution is 2.22. The van der Waals surface area contributed by atoms with E-state index in [1.54, 1.807) is 6.20 Å². The van der Waals surface area contributed by atoms with E-state index < -0.39 is 0 Å². The van der Waals surface area contributed by atoms with Gasteiger partial charge in [-0.1, -0.05) is 66.2 Å². The molecule has 1 aromatic heterocycles. The number of aryl methyl sites for hydroxylation is 1. The van der Waals surface area contributed by atoms with Crippen LogP contribution in [0, 0.1) is 6.92 Å². The summed E-state index contributed by atoms with van der Waals surface area (Å²) in [6, 6.07) is 18.3. The second kappa shape index (κ2) is 6.06. The van der Waals surface area contributed by atoms with Crippen LogP contribution < -0.4 is 0 Å². The molecule has 0 radical (unpaired) electrons. The summed E-state index contributed by atoms with van der Waals surface area (Å²) in [6.07, 6.45) is 2.41. The zero-order valence-corrected chi connectivity index (χ0v) is 12.5. The molecule has 3 heteroatoms. The molecule has 0 fully saturated rings. The third-order valence-corrected chi connectivity index (χ3v) is 3.80. The highest BCUT2D eigenvalue weighted by molar-refractivity contribution is 6.30. The summed E-state index contributed by atoms with van der Waals surface area (Å²) < 4.78 is 0. The molecule has 3 aromatic rings. The predicted octanol–water partition coefficient (Wildman–Crippen LogP) is 4.70. The highest BCUT2D eigenvalue weighted by Gasteiger charge is 2.09. The molecule has 2 nitrogen and oxygen atoms in total. The van der Waals surface area contributed by atoms with Gasteiger partial charge in [0.25, 0.3) is 0 Å². The minimum Gasteiger partial charge on any atom is -0.248 e. The Morgan fingerprint density at radius 3 is 2.43 bits per heavy atom. The normalized spacial score (nSPS) is 10.6. The Kier molecular flexibility index (Phi) is 3.98. The van der Waals surface area contributed by atoms with Gasteiger partial charge in [0.2, 0.25) is 0 Å². The quantitative estimate of drug-likeness (QED) is 0.700. The fourth-order valence-corrected chi connectivity index (χ4v) is 2.42. The average Bonchev–Trinajstić information content (AvgIpc) is 2.52. The van der Waals surface area contributed by atoms with Crippen molar-refractivity contribution in [1.29, 1.82) is 0 Å². The molecule has 0 spiro atoms. The van der Waals surface area contributed by atoms with E-state index in [0.717, 1.165) is 17.0 Å². The van der Waals surface area contributed by atoms with Crippen molar-refractivity contribution >= 4 is 11.6 Å². The Labute approximate surface area is 129 Å². The molecule has 1 heterocycles. The van der Waals surface area contributed by atoms with Gasteiger partial charge < -0.3 is 0 Å². The highest BCUT2D eigenvalue weighted by atomic mass is 35.5. The van der Waals surface area contributed by atoms with E-state index in [2.05, 4.69) is 29.0 Å². The van der Waals surface area contributed by atoms with E-state index in [9.17, 15) is 0 Å². The number of nitrogens with zero attached hydrogens (tertiary/aromatic N) is 2. The van der Waals surface area contributed by atoms with Gasteiger partial charge in [-0.15, -0.1) is 0 Å². The second-order valence-electron chi connectivity index (χ2n) is 4.96. The molecule has 0 bridgehead atoms. The molecule has 0 aliphatic rings.